The zero-order valence-corrected chi connectivity index (χ0v) is 11.3. The number of carbonyl (C=O) groups excluding carboxylic acids is 1. The van der Waals surface area contributed by atoms with E-state index in [1.807, 2.05) is 6.92 Å². The summed E-state index contributed by atoms with van der Waals surface area (Å²) in [5.41, 5.74) is 0.0936. The van der Waals surface area contributed by atoms with Crippen LogP contribution in [0.25, 0.3) is 0 Å². The van der Waals surface area contributed by atoms with E-state index in [0.717, 1.165) is 17.5 Å². The Hall–Kier alpha value is -1.50. The lowest BCUT2D eigenvalue weighted by molar-refractivity contribution is -0.140. The number of carbonyl (C=O) groups is 1. The van der Waals surface area contributed by atoms with E-state index < -0.39 is 12.7 Å². The first-order valence-electron chi connectivity index (χ1n) is 6.66. The zero-order valence-electron chi connectivity index (χ0n) is 11.3. The fraction of sp³-hybridized carbons (Fsp3) is 0.615. The molecule has 4 nitrogen and oxygen atoms in total. The Morgan fingerprint density at radius 1 is 1.55 bits per heavy atom. The van der Waals surface area contributed by atoms with E-state index in [9.17, 15) is 18.0 Å². The van der Waals surface area contributed by atoms with Gasteiger partial charge in [-0.2, -0.15) is 13.2 Å². The monoisotopic (exact) mass is 289 g/mol. The van der Waals surface area contributed by atoms with Gasteiger partial charge in [-0.15, -0.1) is 0 Å². The van der Waals surface area contributed by atoms with Crippen molar-refractivity contribution in [1.82, 2.24) is 14.8 Å². The largest absolute Gasteiger partial charge is 0.406 e. The maximum absolute atomic E-state index is 12.5. The molecule has 0 aromatic carbocycles. The molecule has 1 aromatic rings. The number of hydrogen-bond donors (Lipinski definition) is 1. The fourth-order valence-corrected chi connectivity index (χ4v) is 2.56. The van der Waals surface area contributed by atoms with Crippen LogP contribution >= 0.6 is 0 Å². The number of rotatable bonds is 4. The van der Waals surface area contributed by atoms with Crippen molar-refractivity contribution in [3.05, 3.63) is 24.0 Å². The van der Waals surface area contributed by atoms with Crippen molar-refractivity contribution >= 4 is 5.91 Å². The zero-order chi connectivity index (χ0) is 14.8. The molecule has 20 heavy (non-hydrogen) atoms. The van der Waals surface area contributed by atoms with Crippen LogP contribution in [-0.4, -0.2) is 47.2 Å². The number of hydrogen-bond acceptors (Lipinski definition) is 2. The van der Waals surface area contributed by atoms with Crippen LogP contribution in [0.3, 0.4) is 0 Å². The third kappa shape index (κ3) is 3.33. The Morgan fingerprint density at radius 3 is 2.85 bits per heavy atom. The summed E-state index contributed by atoms with van der Waals surface area (Å²) in [6.45, 7) is 2.72. The number of nitrogens with one attached hydrogen (secondary N) is 1. The van der Waals surface area contributed by atoms with Crippen LogP contribution in [0.4, 0.5) is 13.2 Å². The molecule has 1 atom stereocenters. The summed E-state index contributed by atoms with van der Waals surface area (Å²) in [6, 6.07) is 2.97. The summed E-state index contributed by atoms with van der Waals surface area (Å²) in [5, 5.41) is 3.16. The Balaban J connectivity index is 2.17. The van der Waals surface area contributed by atoms with Crippen molar-refractivity contribution in [2.24, 2.45) is 0 Å². The highest BCUT2D eigenvalue weighted by atomic mass is 19.4. The van der Waals surface area contributed by atoms with Crippen LogP contribution < -0.4 is 5.32 Å². The van der Waals surface area contributed by atoms with Gasteiger partial charge >= 0.3 is 6.18 Å². The van der Waals surface area contributed by atoms with Gasteiger partial charge in [-0.05, 0) is 32.0 Å². The Bertz CT molecular complexity index is 464. The van der Waals surface area contributed by atoms with Gasteiger partial charge < -0.3 is 14.8 Å². The number of halogens is 3. The minimum absolute atomic E-state index is 0.0572. The van der Waals surface area contributed by atoms with Gasteiger partial charge in [0.1, 0.15) is 12.2 Å². The smallest absolute Gasteiger partial charge is 0.334 e. The first-order chi connectivity index (χ1) is 9.42. The summed E-state index contributed by atoms with van der Waals surface area (Å²) in [6.07, 6.45) is -2.21. The number of aromatic nitrogens is 1. The lowest BCUT2D eigenvalue weighted by Crippen LogP contribution is -2.42. The Labute approximate surface area is 115 Å². The Morgan fingerprint density at radius 2 is 2.30 bits per heavy atom. The average molecular weight is 289 g/mol. The van der Waals surface area contributed by atoms with Gasteiger partial charge in [-0.25, -0.2) is 0 Å². The molecule has 2 heterocycles. The van der Waals surface area contributed by atoms with Gasteiger partial charge in [-0.1, -0.05) is 0 Å². The molecule has 0 bridgehead atoms. The quantitative estimate of drug-likeness (QED) is 0.919. The number of likely N-dealkylation sites (N-methyl/N-ethyl adjacent to an activating group) is 1. The van der Waals surface area contributed by atoms with E-state index in [0.29, 0.717) is 13.1 Å². The van der Waals surface area contributed by atoms with Gasteiger partial charge in [0.2, 0.25) is 0 Å². The van der Waals surface area contributed by atoms with Crippen molar-refractivity contribution in [3.8, 4) is 0 Å². The molecule has 1 saturated heterocycles. The summed E-state index contributed by atoms with van der Waals surface area (Å²) < 4.78 is 38.4. The average Bonchev–Trinajstić information content (AvgIpc) is 2.99. The van der Waals surface area contributed by atoms with E-state index in [1.54, 1.807) is 4.90 Å². The maximum atomic E-state index is 12.5. The molecule has 112 valence electrons. The molecule has 1 amide bonds. The minimum Gasteiger partial charge on any atom is -0.334 e. The van der Waals surface area contributed by atoms with Crippen molar-refractivity contribution in [2.75, 3.05) is 19.6 Å². The number of alkyl halides is 3. The second-order valence-electron chi connectivity index (χ2n) is 4.87. The van der Waals surface area contributed by atoms with Crippen molar-refractivity contribution in [3.63, 3.8) is 0 Å². The van der Waals surface area contributed by atoms with E-state index in [1.165, 1.54) is 18.3 Å². The lowest BCUT2D eigenvalue weighted by atomic mass is 10.2. The van der Waals surface area contributed by atoms with Crippen molar-refractivity contribution in [1.29, 1.82) is 0 Å². The van der Waals surface area contributed by atoms with E-state index in [2.05, 4.69) is 5.32 Å². The fourth-order valence-electron chi connectivity index (χ4n) is 2.56. The molecule has 2 rings (SSSR count). The normalized spacial score (nSPS) is 19.3. The van der Waals surface area contributed by atoms with Crippen LogP contribution in [-0.2, 0) is 6.54 Å². The van der Waals surface area contributed by atoms with Crippen LogP contribution in [0.2, 0.25) is 0 Å². The molecule has 0 spiro atoms. The summed E-state index contributed by atoms with van der Waals surface area (Å²) in [5.74, 6) is -0.338. The second kappa shape index (κ2) is 5.87. The van der Waals surface area contributed by atoms with E-state index in [4.69, 9.17) is 0 Å². The molecule has 1 aromatic heterocycles. The van der Waals surface area contributed by atoms with Crippen molar-refractivity contribution < 1.29 is 18.0 Å². The molecule has 1 aliphatic rings. The van der Waals surface area contributed by atoms with Gasteiger partial charge in [0.15, 0.2) is 0 Å². The Kier molecular flexibility index (Phi) is 4.37. The molecule has 0 radical (unpaired) electrons. The molecular weight excluding hydrogens is 271 g/mol. The molecular formula is C13H18F3N3O. The van der Waals surface area contributed by atoms with Crippen LogP contribution in [0, 0.1) is 0 Å². The third-order valence-electron chi connectivity index (χ3n) is 3.47. The molecule has 0 aliphatic carbocycles. The first-order valence-corrected chi connectivity index (χ1v) is 6.66. The van der Waals surface area contributed by atoms with Crippen LogP contribution in [0.5, 0.6) is 0 Å². The molecule has 1 fully saturated rings. The highest BCUT2D eigenvalue weighted by molar-refractivity contribution is 5.93. The van der Waals surface area contributed by atoms with Gasteiger partial charge in [0, 0.05) is 25.3 Å². The molecule has 7 heteroatoms. The lowest BCUT2D eigenvalue weighted by Gasteiger charge is -2.27. The van der Waals surface area contributed by atoms with E-state index in [-0.39, 0.29) is 17.6 Å². The highest BCUT2D eigenvalue weighted by Gasteiger charge is 2.32. The van der Waals surface area contributed by atoms with Crippen LogP contribution in [0.1, 0.15) is 23.8 Å². The topological polar surface area (TPSA) is 37.3 Å². The van der Waals surface area contributed by atoms with Crippen LogP contribution in [0.15, 0.2) is 18.3 Å². The highest BCUT2D eigenvalue weighted by Crippen LogP contribution is 2.20. The molecule has 1 unspecified atom stereocenters. The second-order valence-corrected chi connectivity index (χ2v) is 4.87. The van der Waals surface area contributed by atoms with Gasteiger partial charge in [0.05, 0.1) is 0 Å². The van der Waals surface area contributed by atoms with Gasteiger partial charge in [0.25, 0.3) is 5.91 Å². The molecule has 1 aliphatic heterocycles. The van der Waals surface area contributed by atoms with Crippen molar-refractivity contribution in [2.45, 2.75) is 32.1 Å². The third-order valence-corrected chi connectivity index (χ3v) is 3.47. The molecule has 1 N–H and O–H groups in total. The SMILES string of the molecule is CCN(C(=O)c1cccn1CC(F)(F)F)C1CCNC1. The van der Waals surface area contributed by atoms with Gasteiger partial charge in [-0.3, -0.25) is 4.79 Å². The minimum atomic E-state index is -4.33. The predicted octanol–water partition coefficient (Wildman–Crippen LogP) is 1.87. The predicted molar refractivity (Wildman–Crippen MR) is 68.5 cm³/mol. The summed E-state index contributed by atoms with van der Waals surface area (Å²) in [7, 11) is 0. The summed E-state index contributed by atoms with van der Waals surface area (Å²) >= 11 is 0. The first kappa shape index (κ1) is 14.9. The van der Waals surface area contributed by atoms with E-state index >= 15 is 0 Å². The molecule has 0 saturated carbocycles. The number of nitrogens with zero attached hydrogens (tertiary/aromatic N) is 2. The number of amides is 1. The maximum Gasteiger partial charge on any atom is 0.406 e. The summed E-state index contributed by atoms with van der Waals surface area (Å²) in [4.78, 5) is 14.1. The standard InChI is InChI=1S/C13H18F3N3O/c1-2-19(10-5-6-17-8-10)12(20)11-4-3-7-18(11)9-13(14,15)16/h3-4,7,10,17H,2,5-6,8-9H2,1H3.